The van der Waals surface area contributed by atoms with Crippen LogP contribution in [0.2, 0.25) is 0 Å². The van der Waals surface area contributed by atoms with E-state index in [-0.39, 0.29) is 18.8 Å². The predicted molar refractivity (Wildman–Crippen MR) is 111 cm³/mol. The summed E-state index contributed by atoms with van der Waals surface area (Å²) in [4.78, 5) is 17.8. The number of likely N-dealkylation sites (N-methyl/N-ethyl adjacent to an activating group) is 1. The number of amides is 2. The van der Waals surface area contributed by atoms with Crippen LogP contribution < -0.4 is 10.1 Å². The summed E-state index contributed by atoms with van der Waals surface area (Å²) in [6, 6.07) is 9.75. The summed E-state index contributed by atoms with van der Waals surface area (Å²) in [5.74, 6) is 1.39. The molecule has 0 unspecified atom stereocenters. The molecule has 1 N–H and O–H groups in total. The minimum Gasteiger partial charge on any atom is -0.484 e. The molecular weight excluding hydrogens is 425 g/mol. The number of aromatic nitrogens is 2. The first-order valence-electron chi connectivity index (χ1n) is 9.82. The molecule has 170 valence electrons. The van der Waals surface area contributed by atoms with Crippen LogP contribution in [0.5, 0.6) is 5.75 Å². The molecule has 10 heteroatoms. The van der Waals surface area contributed by atoms with Gasteiger partial charge in [-0.05, 0) is 55.3 Å². The fourth-order valence-electron chi connectivity index (χ4n) is 2.97. The summed E-state index contributed by atoms with van der Waals surface area (Å²) in [7, 11) is 1.52. The number of anilines is 1. The zero-order valence-corrected chi connectivity index (χ0v) is 17.9. The number of carbonyl (C=O) groups is 1. The van der Waals surface area contributed by atoms with Crippen LogP contribution in [-0.2, 0) is 19.2 Å². The first-order valence-corrected chi connectivity index (χ1v) is 9.82. The van der Waals surface area contributed by atoms with E-state index in [0.717, 1.165) is 23.3 Å². The summed E-state index contributed by atoms with van der Waals surface area (Å²) < 4.78 is 49.3. The lowest BCUT2D eigenvalue weighted by atomic mass is 10.1. The third-order valence-electron chi connectivity index (χ3n) is 4.53. The van der Waals surface area contributed by atoms with Crippen molar-refractivity contribution in [3.63, 3.8) is 0 Å². The summed E-state index contributed by atoms with van der Waals surface area (Å²) in [5.41, 5.74) is 1.39. The number of aryl methyl sites for hydroxylation is 2. The van der Waals surface area contributed by atoms with Gasteiger partial charge in [0.2, 0.25) is 0 Å². The van der Waals surface area contributed by atoms with E-state index in [1.165, 1.54) is 24.1 Å². The van der Waals surface area contributed by atoms with Gasteiger partial charge in [-0.2, -0.15) is 18.2 Å². The van der Waals surface area contributed by atoms with E-state index in [1.807, 2.05) is 32.0 Å². The van der Waals surface area contributed by atoms with E-state index in [2.05, 4.69) is 15.5 Å². The molecular formula is C22H23F3N4O3. The molecule has 0 saturated carbocycles. The Bertz CT molecular complexity index is 1060. The molecule has 0 aliphatic rings. The molecule has 0 saturated heterocycles. The van der Waals surface area contributed by atoms with Crippen LogP contribution in [0.15, 0.2) is 47.0 Å². The summed E-state index contributed by atoms with van der Waals surface area (Å²) in [6.07, 6.45) is -4.18. The Morgan fingerprint density at radius 2 is 1.88 bits per heavy atom. The van der Waals surface area contributed by atoms with Crippen molar-refractivity contribution >= 4 is 11.7 Å². The standard InChI is InChI=1S/C22H23F3N4O3/c1-14-9-15(2)11-18(10-14)31-13-20-27-19(28-32-20)7-8-29(3)21(30)26-17-6-4-5-16(12-17)22(23,24)25/h4-6,9-12H,7-8,13H2,1-3H3,(H,26,30). The molecule has 0 atom stereocenters. The average Bonchev–Trinajstić information content (AvgIpc) is 3.17. The van der Waals surface area contributed by atoms with Crippen LogP contribution in [0.25, 0.3) is 0 Å². The second-order valence-corrected chi connectivity index (χ2v) is 7.40. The highest BCUT2D eigenvalue weighted by Gasteiger charge is 2.30. The zero-order chi connectivity index (χ0) is 23.3. The molecule has 0 fully saturated rings. The Hall–Kier alpha value is -3.56. The fraction of sp³-hybridized carbons (Fsp3) is 0.318. The van der Waals surface area contributed by atoms with Gasteiger partial charge in [0.15, 0.2) is 12.4 Å². The number of benzene rings is 2. The van der Waals surface area contributed by atoms with Gasteiger partial charge < -0.3 is 19.5 Å². The normalized spacial score (nSPS) is 11.3. The highest BCUT2D eigenvalue weighted by molar-refractivity contribution is 5.89. The molecule has 0 aliphatic carbocycles. The molecule has 0 radical (unpaired) electrons. The maximum Gasteiger partial charge on any atom is 0.416 e. The van der Waals surface area contributed by atoms with Crippen LogP contribution in [-0.4, -0.2) is 34.7 Å². The van der Waals surface area contributed by atoms with Crippen molar-refractivity contribution in [3.8, 4) is 5.75 Å². The summed E-state index contributed by atoms with van der Waals surface area (Å²) >= 11 is 0. The Labute approximate surface area is 183 Å². The van der Waals surface area contributed by atoms with Gasteiger partial charge in [0, 0.05) is 25.7 Å². The van der Waals surface area contributed by atoms with Crippen LogP contribution in [0.1, 0.15) is 28.4 Å². The fourth-order valence-corrected chi connectivity index (χ4v) is 2.97. The second kappa shape index (κ2) is 9.71. The maximum absolute atomic E-state index is 12.8. The lowest BCUT2D eigenvalue weighted by molar-refractivity contribution is -0.137. The number of rotatable bonds is 7. The van der Waals surface area contributed by atoms with Crippen molar-refractivity contribution in [2.75, 3.05) is 18.9 Å². The topological polar surface area (TPSA) is 80.5 Å². The molecule has 1 aromatic heterocycles. The van der Waals surface area contributed by atoms with Crippen molar-refractivity contribution < 1.29 is 27.2 Å². The number of hydrogen-bond donors (Lipinski definition) is 1. The number of carbonyl (C=O) groups excluding carboxylic acids is 1. The first-order chi connectivity index (χ1) is 15.1. The molecule has 3 rings (SSSR count). The number of urea groups is 1. The number of hydrogen-bond acceptors (Lipinski definition) is 5. The monoisotopic (exact) mass is 448 g/mol. The third-order valence-corrected chi connectivity index (χ3v) is 4.53. The molecule has 1 heterocycles. The van der Waals surface area contributed by atoms with Gasteiger partial charge in [-0.1, -0.05) is 17.3 Å². The van der Waals surface area contributed by atoms with Gasteiger partial charge in [0.05, 0.1) is 5.56 Å². The maximum atomic E-state index is 12.8. The number of nitrogens with one attached hydrogen (secondary N) is 1. The number of ether oxygens (including phenoxy) is 1. The van der Waals surface area contributed by atoms with Crippen molar-refractivity contribution in [3.05, 3.63) is 70.9 Å². The Balaban J connectivity index is 1.49. The lowest BCUT2D eigenvalue weighted by Gasteiger charge is -2.17. The van der Waals surface area contributed by atoms with E-state index in [4.69, 9.17) is 9.26 Å². The van der Waals surface area contributed by atoms with E-state index in [9.17, 15) is 18.0 Å². The molecule has 0 aliphatic heterocycles. The van der Waals surface area contributed by atoms with Crippen molar-refractivity contribution in [2.45, 2.75) is 33.1 Å². The van der Waals surface area contributed by atoms with E-state index in [0.29, 0.717) is 23.9 Å². The van der Waals surface area contributed by atoms with Crippen LogP contribution in [0.3, 0.4) is 0 Å². The van der Waals surface area contributed by atoms with Gasteiger partial charge in [-0.25, -0.2) is 4.79 Å². The number of alkyl halides is 3. The van der Waals surface area contributed by atoms with Crippen molar-refractivity contribution in [1.82, 2.24) is 15.0 Å². The van der Waals surface area contributed by atoms with Gasteiger partial charge in [0.25, 0.3) is 5.89 Å². The predicted octanol–water partition coefficient (Wildman–Crippen LogP) is 4.99. The smallest absolute Gasteiger partial charge is 0.416 e. The Morgan fingerprint density at radius 1 is 1.16 bits per heavy atom. The highest BCUT2D eigenvalue weighted by atomic mass is 19.4. The summed E-state index contributed by atoms with van der Waals surface area (Å²) in [6.45, 7) is 4.30. The molecule has 3 aromatic rings. The molecule has 2 amide bonds. The second-order valence-electron chi connectivity index (χ2n) is 7.40. The largest absolute Gasteiger partial charge is 0.484 e. The molecule has 7 nitrogen and oxygen atoms in total. The minimum absolute atomic E-state index is 0.0575. The molecule has 32 heavy (non-hydrogen) atoms. The van der Waals surface area contributed by atoms with E-state index < -0.39 is 17.8 Å². The van der Waals surface area contributed by atoms with Crippen LogP contribution in [0.4, 0.5) is 23.7 Å². The van der Waals surface area contributed by atoms with E-state index >= 15 is 0 Å². The van der Waals surface area contributed by atoms with Gasteiger partial charge in [-0.15, -0.1) is 0 Å². The van der Waals surface area contributed by atoms with Crippen LogP contribution in [0, 0.1) is 13.8 Å². The zero-order valence-electron chi connectivity index (χ0n) is 17.9. The highest BCUT2D eigenvalue weighted by Crippen LogP contribution is 2.30. The first kappa shape index (κ1) is 23.1. The van der Waals surface area contributed by atoms with Gasteiger partial charge in [-0.3, -0.25) is 0 Å². The molecule has 0 spiro atoms. The van der Waals surface area contributed by atoms with Gasteiger partial charge >= 0.3 is 12.2 Å². The Kier molecular flexibility index (Phi) is 7.01. The molecule has 0 bridgehead atoms. The van der Waals surface area contributed by atoms with Crippen LogP contribution >= 0.6 is 0 Å². The molecule has 2 aromatic carbocycles. The quantitative estimate of drug-likeness (QED) is 0.551. The Morgan fingerprint density at radius 3 is 2.56 bits per heavy atom. The SMILES string of the molecule is Cc1cc(C)cc(OCc2nc(CCN(C)C(=O)Nc3cccc(C(F)(F)F)c3)no2)c1. The minimum atomic E-state index is -4.48. The van der Waals surface area contributed by atoms with E-state index in [1.54, 1.807) is 0 Å². The lowest BCUT2D eigenvalue weighted by Crippen LogP contribution is -2.33. The third kappa shape index (κ3) is 6.47. The van der Waals surface area contributed by atoms with Crippen molar-refractivity contribution in [1.29, 1.82) is 0 Å². The average molecular weight is 448 g/mol. The van der Waals surface area contributed by atoms with Crippen molar-refractivity contribution in [2.24, 2.45) is 0 Å². The van der Waals surface area contributed by atoms with Gasteiger partial charge in [0.1, 0.15) is 5.75 Å². The number of nitrogens with zero attached hydrogens (tertiary/aromatic N) is 3. The number of halogens is 3. The summed E-state index contributed by atoms with van der Waals surface area (Å²) in [5, 5.41) is 6.31.